The average Bonchev–Trinajstić information content (AvgIpc) is 3.38. The maximum absolute atomic E-state index is 13.3. The molecule has 2 aliphatic rings. The molecule has 1 heterocycles. The number of benzene rings is 1. The van der Waals surface area contributed by atoms with Gasteiger partial charge in [-0.25, -0.2) is 0 Å². The van der Waals surface area contributed by atoms with Gasteiger partial charge in [-0.15, -0.1) is 0 Å². The number of hydrogen-bond donors (Lipinski definition) is 1. The highest BCUT2D eigenvalue weighted by Gasteiger charge is 2.33. The van der Waals surface area contributed by atoms with Crippen molar-refractivity contribution in [2.45, 2.75) is 38.0 Å². The van der Waals surface area contributed by atoms with Crippen molar-refractivity contribution in [1.82, 2.24) is 9.78 Å². The molecule has 0 bridgehead atoms. The summed E-state index contributed by atoms with van der Waals surface area (Å²) in [7, 11) is 0. The van der Waals surface area contributed by atoms with Crippen LogP contribution in [0.25, 0.3) is 0 Å². The third-order valence-electron chi connectivity index (χ3n) is 5.05. The van der Waals surface area contributed by atoms with Crippen LogP contribution in [0.4, 0.5) is 0 Å². The molecule has 1 saturated carbocycles. The van der Waals surface area contributed by atoms with Gasteiger partial charge < -0.3 is 5.11 Å². The summed E-state index contributed by atoms with van der Waals surface area (Å²) < 4.78 is 2.42. The van der Waals surface area contributed by atoms with E-state index in [0.717, 1.165) is 46.2 Å². The molecule has 24 heavy (non-hydrogen) atoms. The Morgan fingerprint density at radius 3 is 2.88 bits per heavy atom. The summed E-state index contributed by atoms with van der Waals surface area (Å²) in [5, 5.41) is 14.5. The van der Waals surface area contributed by atoms with Crippen molar-refractivity contribution in [2.75, 3.05) is 6.61 Å². The Bertz CT molecular complexity index is 814. The predicted octanol–water partition coefficient (Wildman–Crippen LogP) is 3.80. The van der Waals surface area contributed by atoms with E-state index in [2.05, 4.69) is 27.7 Å². The Hall–Kier alpha value is -0.920. The average molecular weight is 457 g/mol. The van der Waals surface area contributed by atoms with Crippen LogP contribution in [0.2, 0.25) is 5.02 Å². The van der Waals surface area contributed by atoms with E-state index in [1.165, 1.54) is 4.68 Å². The Labute approximate surface area is 159 Å². The normalized spacial score (nSPS) is 20.0. The highest BCUT2D eigenvalue weighted by Crippen LogP contribution is 2.43. The molecule has 2 aromatic rings. The highest BCUT2D eigenvalue weighted by molar-refractivity contribution is 14.1. The van der Waals surface area contributed by atoms with Crippen LogP contribution in [0.5, 0.6) is 0 Å². The topological polar surface area (TPSA) is 55.1 Å². The Morgan fingerprint density at radius 1 is 1.38 bits per heavy atom. The van der Waals surface area contributed by atoms with E-state index < -0.39 is 0 Å². The molecule has 0 aliphatic heterocycles. The Morgan fingerprint density at radius 2 is 2.17 bits per heavy atom. The number of halogens is 2. The van der Waals surface area contributed by atoms with E-state index in [1.807, 2.05) is 12.1 Å². The van der Waals surface area contributed by atoms with Gasteiger partial charge in [-0.1, -0.05) is 23.7 Å². The number of carbonyl (C=O) groups excluding carboxylic acids is 1. The standard InChI is InChI=1S/C18H18ClIN2O2/c19-14-3-1-2-12(11-5-6-11)16(14)18(24)22-15-8-10(9-23)4-7-13(15)17(20)21-22/h1-3,10-11,23H,4-9H2. The number of fused-ring (bicyclic) bond motifs is 1. The van der Waals surface area contributed by atoms with Crippen LogP contribution in [0.3, 0.4) is 0 Å². The van der Waals surface area contributed by atoms with Crippen molar-refractivity contribution < 1.29 is 9.90 Å². The first-order valence-electron chi connectivity index (χ1n) is 8.30. The maximum Gasteiger partial charge on any atom is 0.280 e. The number of rotatable bonds is 3. The van der Waals surface area contributed by atoms with E-state index in [4.69, 9.17) is 11.6 Å². The first kappa shape index (κ1) is 16.5. The summed E-state index contributed by atoms with van der Waals surface area (Å²) in [5.74, 6) is 0.504. The lowest BCUT2D eigenvalue weighted by Gasteiger charge is -2.21. The van der Waals surface area contributed by atoms with E-state index in [-0.39, 0.29) is 18.4 Å². The molecule has 0 radical (unpaired) electrons. The lowest BCUT2D eigenvalue weighted by atomic mass is 9.88. The zero-order valence-electron chi connectivity index (χ0n) is 13.1. The number of aliphatic hydroxyl groups excluding tert-OH is 1. The quantitative estimate of drug-likeness (QED) is 0.715. The zero-order chi connectivity index (χ0) is 16.8. The minimum Gasteiger partial charge on any atom is -0.396 e. The number of aromatic nitrogens is 2. The fourth-order valence-electron chi connectivity index (χ4n) is 3.57. The van der Waals surface area contributed by atoms with E-state index >= 15 is 0 Å². The van der Waals surface area contributed by atoms with Crippen molar-refractivity contribution in [3.63, 3.8) is 0 Å². The third kappa shape index (κ3) is 2.80. The minimum absolute atomic E-state index is 0.139. The largest absolute Gasteiger partial charge is 0.396 e. The predicted molar refractivity (Wildman–Crippen MR) is 101 cm³/mol. The van der Waals surface area contributed by atoms with Crippen molar-refractivity contribution in [2.24, 2.45) is 5.92 Å². The van der Waals surface area contributed by atoms with Crippen molar-refractivity contribution in [3.05, 3.63) is 49.3 Å². The van der Waals surface area contributed by atoms with Crippen LogP contribution in [-0.2, 0) is 12.8 Å². The lowest BCUT2D eigenvalue weighted by molar-refractivity contribution is 0.0937. The van der Waals surface area contributed by atoms with E-state index in [0.29, 0.717) is 22.9 Å². The molecule has 0 amide bonds. The number of aliphatic hydroxyl groups is 1. The van der Waals surface area contributed by atoms with Crippen molar-refractivity contribution in [3.8, 4) is 0 Å². The molecule has 1 atom stereocenters. The van der Waals surface area contributed by atoms with Gasteiger partial charge in [0.05, 0.1) is 16.3 Å². The highest BCUT2D eigenvalue weighted by atomic mass is 127. The number of hydrogen-bond acceptors (Lipinski definition) is 3. The van der Waals surface area contributed by atoms with Gasteiger partial charge in [0.15, 0.2) is 0 Å². The van der Waals surface area contributed by atoms with Gasteiger partial charge in [-0.3, -0.25) is 4.79 Å². The van der Waals surface area contributed by atoms with Crippen LogP contribution in [-0.4, -0.2) is 27.4 Å². The van der Waals surface area contributed by atoms with Gasteiger partial charge in [-0.05, 0) is 78.2 Å². The van der Waals surface area contributed by atoms with Gasteiger partial charge in [0.2, 0.25) is 0 Å². The molecule has 0 saturated heterocycles. The molecule has 1 fully saturated rings. The molecule has 1 N–H and O–H groups in total. The SMILES string of the molecule is O=C(c1c(Cl)cccc1C1CC1)n1nc(I)c2c1CC(CO)CC2. The van der Waals surface area contributed by atoms with Gasteiger partial charge in [-0.2, -0.15) is 9.78 Å². The Kier molecular flexibility index (Phi) is 4.43. The van der Waals surface area contributed by atoms with E-state index in [9.17, 15) is 9.90 Å². The molecule has 6 heteroatoms. The second-order valence-corrected chi connectivity index (χ2v) is 8.13. The molecule has 4 rings (SSSR count). The first-order chi connectivity index (χ1) is 11.6. The second kappa shape index (κ2) is 6.42. The van der Waals surface area contributed by atoms with Gasteiger partial charge in [0, 0.05) is 12.2 Å². The molecular weight excluding hydrogens is 439 g/mol. The van der Waals surface area contributed by atoms with Crippen molar-refractivity contribution in [1.29, 1.82) is 0 Å². The van der Waals surface area contributed by atoms with Gasteiger partial charge in [0.1, 0.15) is 3.70 Å². The lowest BCUT2D eigenvalue weighted by Crippen LogP contribution is -2.24. The van der Waals surface area contributed by atoms with Crippen LogP contribution in [0.1, 0.15) is 52.4 Å². The molecule has 0 spiro atoms. The molecule has 1 unspecified atom stereocenters. The van der Waals surface area contributed by atoms with Gasteiger partial charge in [0.25, 0.3) is 5.91 Å². The van der Waals surface area contributed by atoms with Crippen LogP contribution >= 0.6 is 34.2 Å². The smallest absolute Gasteiger partial charge is 0.280 e. The monoisotopic (exact) mass is 456 g/mol. The summed E-state index contributed by atoms with van der Waals surface area (Å²) in [5.41, 5.74) is 3.72. The number of nitrogens with zero attached hydrogens (tertiary/aromatic N) is 2. The zero-order valence-corrected chi connectivity index (χ0v) is 16.0. The van der Waals surface area contributed by atoms with E-state index in [1.54, 1.807) is 6.07 Å². The molecule has 1 aromatic heterocycles. The summed E-state index contributed by atoms with van der Waals surface area (Å²) in [6.07, 6.45) is 4.73. The first-order valence-corrected chi connectivity index (χ1v) is 9.76. The van der Waals surface area contributed by atoms with Crippen molar-refractivity contribution >= 4 is 40.1 Å². The fourth-order valence-corrected chi connectivity index (χ4v) is 4.63. The second-order valence-electron chi connectivity index (χ2n) is 6.70. The third-order valence-corrected chi connectivity index (χ3v) is 6.23. The molecule has 126 valence electrons. The van der Waals surface area contributed by atoms with Crippen LogP contribution in [0.15, 0.2) is 18.2 Å². The van der Waals surface area contributed by atoms with Gasteiger partial charge >= 0.3 is 0 Å². The summed E-state index contributed by atoms with van der Waals surface area (Å²) in [6, 6.07) is 5.70. The molecule has 1 aromatic carbocycles. The molecular formula is C18H18ClIN2O2. The summed E-state index contributed by atoms with van der Waals surface area (Å²) >= 11 is 8.59. The molecule has 2 aliphatic carbocycles. The van der Waals surface area contributed by atoms with Crippen LogP contribution < -0.4 is 0 Å². The number of carbonyl (C=O) groups is 1. The maximum atomic E-state index is 13.3. The summed E-state index contributed by atoms with van der Waals surface area (Å²) in [4.78, 5) is 13.3. The summed E-state index contributed by atoms with van der Waals surface area (Å²) in [6.45, 7) is 0.148. The fraction of sp³-hybridized carbons (Fsp3) is 0.444. The molecule has 4 nitrogen and oxygen atoms in total. The van der Waals surface area contributed by atoms with Crippen LogP contribution in [0, 0.1) is 9.62 Å². The Balaban J connectivity index is 1.79. The minimum atomic E-state index is -0.139.